The second-order valence-corrected chi connectivity index (χ2v) is 2.53. The van der Waals surface area contributed by atoms with Crippen LogP contribution in [0.25, 0.3) is 0 Å². The molecule has 2 amide bonds. The molecule has 0 fully saturated rings. The average Bonchev–Trinajstić information content (AvgIpc) is 2.10. The number of primary amides is 1. The number of carboxylic acid groups (broad SMARTS) is 1. The van der Waals surface area contributed by atoms with Crippen molar-refractivity contribution in [3.05, 3.63) is 0 Å². The predicted octanol–water partition coefficient (Wildman–Crippen LogP) is -0.939. The van der Waals surface area contributed by atoms with Gasteiger partial charge < -0.3 is 20.9 Å². The van der Waals surface area contributed by atoms with Crippen molar-refractivity contribution in [2.75, 3.05) is 7.11 Å². The molecule has 1 atom stereocenters. The molecule has 0 aliphatic carbocycles. The van der Waals surface area contributed by atoms with Gasteiger partial charge in [-0.3, -0.25) is 4.79 Å². The molecular formula is C7H12N2O5. The van der Waals surface area contributed by atoms with Crippen molar-refractivity contribution in [3.63, 3.8) is 0 Å². The Hall–Kier alpha value is -1.79. The van der Waals surface area contributed by atoms with E-state index < -0.39 is 24.0 Å². The van der Waals surface area contributed by atoms with Crippen LogP contribution in [0, 0.1) is 0 Å². The predicted molar refractivity (Wildman–Crippen MR) is 45.4 cm³/mol. The zero-order valence-electron chi connectivity index (χ0n) is 7.65. The molecule has 0 heterocycles. The quantitative estimate of drug-likeness (QED) is 0.534. The maximum atomic E-state index is 10.7. The number of hydrogen-bond acceptors (Lipinski definition) is 4. The van der Waals surface area contributed by atoms with Gasteiger partial charge in [0, 0.05) is 6.42 Å². The Morgan fingerprint density at radius 1 is 1.50 bits per heavy atom. The van der Waals surface area contributed by atoms with Crippen molar-refractivity contribution in [1.82, 2.24) is 5.32 Å². The molecule has 0 aliphatic heterocycles. The first-order valence-corrected chi connectivity index (χ1v) is 3.83. The van der Waals surface area contributed by atoms with E-state index in [9.17, 15) is 14.4 Å². The number of methoxy groups -OCH3 is 1. The van der Waals surface area contributed by atoms with Crippen molar-refractivity contribution in [1.29, 1.82) is 0 Å². The van der Waals surface area contributed by atoms with Crippen molar-refractivity contribution in [2.45, 2.75) is 18.9 Å². The van der Waals surface area contributed by atoms with Crippen LogP contribution in [0.1, 0.15) is 12.8 Å². The number of ether oxygens (including phenoxy) is 1. The number of amides is 2. The Labute approximate surface area is 80.2 Å². The van der Waals surface area contributed by atoms with E-state index in [4.69, 9.17) is 10.8 Å². The van der Waals surface area contributed by atoms with E-state index >= 15 is 0 Å². The summed E-state index contributed by atoms with van der Waals surface area (Å²) in [6, 6.07) is -1.16. The number of nitrogens with one attached hydrogen (secondary N) is 1. The maximum Gasteiger partial charge on any atom is 0.407 e. The summed E-state index contributed by atoms with van der Waals surface area (Å²) < 4.78 is 4.21. The number of rotatable bonds is 5. The van der Waals surface area contributed by atoms with Crippen molar-refractivity contribution in [3.8, 4) is 0 Å². The highest BCUT2D eigenvalue weighted by molar-refractivity contribution is 5.81. The standard InChI is InChI=1S/C7H12N2O5/c1-14-7(13)9-4(6(11)12)2-3-5(8)10/h4H,2-3H2,1H3,(H2,8,10)(H,9,13)(H,11,12)/t4-/m1/s1. The minimum absolute atomic E-state index is 0.0558. The first kappa shape index (κ1) is 12.2. The highest BCUT2D eigenvalue weighted by Crippen LogP contribution is 1.97. The third kappa shape index (κ3) is 4.96. The Bertz CT molecular complexity index is 240. The molecule has 0 aromatic carbocycles. The molecule has 0 aromatic rings. The lowest BCUT2D eigenvalue weighted by molar-refractivity contribution is -0.139. The van der Waals surface area contributed by atoms with Crippen molar-refractivity contribution >= 4 is 18.0 Å². The molecule has 4 N–H and O–H groups in total. The summed E-state index contributed by atoms with van der Waals surface area (Å²) in [5.41, 5.74) is 4.83. The SMILES string of the molecule is COC(=O)N[C@H](CCC(N)=O)C(=O)O. The van der Waals surface area contributed by atoms with E-state index in [1.54, 1.807) is 0 Å². The van der Waals surface area contributed by atoms with Gasteiger partial charge in [-0.2, -0.15) is 0 Å². The van der Waals surface area contributed by atoms with Crippen LogP contribution in [0.5, 0.6) is 0 Å². The van der Waals surface area contributed by atoms with Crippen LogP contribution in [0.4, 0.5) is 4.79 Å². The fourth-order valence-electron chi connectivity index (χ4n) is 0.745. The van der Waals surface area contributed by atoms with Gasteiger partial charge in [0.05, 0.1) is 7.11 Å². The summed E-state index contributed by atoms with van der Waals surface area (Å²) in [5.74, 6) is -1.86. The maximum absolute atomic E-state index is 10.7. The summed E-state index contributed by atoms with van der Waals surface area (Å²) in [4.78, 5) is 31.6. The lowest BCUT2D eigenvalue weighted by Crippen LogP contribution is -2.41. The zero-order chi connectivity index (χ0) is 11.1. The fourth-order valence-corrected chi connectivity index (χ4v) is 0.745. The molecular weight excluding hydrogens is 192 g/mol. The molecule has 14 heavy (non-hydrogen) atoms. The smallest absolute Gasteiger partial charge is 0.407 e. The zero-order valence-corrected chi connectivity index (χ0v) is 7.65. The molecule has 0 rings (SSSR count). The third-order valence-electron chi connectivity index (χ3n) is 1.45. The molecule has 0 radical (unpaired) electrons. The number of carbonyl (C=O) groups excluding carboxylic acids is 2. The molecule has 7 nitrogen and oxygen atoms in total. The highest BCUT2D eigenvalue weighted by atomic mass is 16.5. The van der Waals surface area contributed by atoms with Crippen LogP contribution in [-0.4, -0.2) is 36.2 Å². The van der Waals surface area contributed by atoms with Crippen LogP contribution < -0.4 is 11.1 Å². The van der Waals surface area contributed by atoms with Crippen LogP contribution in [-0.2, 0) is 14.3 Å². The second-order valence-electron chi connectivity index (χ2n) is 2.53. The first-order chi connectivity index (χ1) is 6.47. The number of hydrogen-bond donors (Lipinski definition) is 3. The summed E-state index contributed by atoms with van der Waals surface area (Å²) in [5, 5.41) is 10.7. The molecule has 80 valence electrons. The average molecular weight is 204 g/mol. The van der Waals surface area contributed by atoms with Gasteiger partial charge in [0.2, 0.25) is 5.91 Å². The van der Waals surface area contributed by atoms with E-state index in [2.05, 4.69) is 10.1 Å². The number of carboxylic acids is 1. The van der Waals surface area contributed by atoms with Gasteiger partial charge >= 0.3 is 12.1 Å². The van der Waals surface area contributed by atoms with Gasteiger partial charge in [-0.1, -0.05) is 0 Å². The van der Waals surface area contributed by atoms with Crippen LogP contribution in [0.3, 0.4) is 0 Å². The van der Waals surface area contributed by atoms with Crippen molar-refractivity contribution < 1.29 is 24.2 Å². The van der Waals surface area contributed by atoms with Crippen LogP contribution >= 0.6 is 0 Å². The van der Waals surface area contributed by atoms with E-state index in [0.717, 1.165) is 7.11 Å². The third-order valence-corrected chi connectivity index (χ3v) is 1.45. The van der Waals surface area contributed by atoms with Crippen molar-refractivity contribution in [2.24, 2.45) is 5.73 Å². The van der Waals surface area contributed by atoms with E-state index in [-0.39, 0.29) is 12.8 Å². The van der Waals surface area contributed by atoms with Gasteiger partial charge in [-0.05, 0) is 6.42 Å². The van der Waals surface area contributed by atoms with Gasteiger partial charge in [0.25, 0.3) is 0 Å². The number of alkyl carbamates (subject to hydrolysis) is 1. The van der Waals surface area contributed by atoms with E-state index in [1.807, 2.05) is 0 Å². The van der Waals surface area contributed by atoms with Gasteiger partial charge in [0.1, 0.15) is 6.04 Å². The first-order valence-electron chi connectivity index (χ1n) is 3.83. The second kappa shape index (κ2) is 5.79. The van der Waals surface area contributed by atoms with E-state index in [1.165, 1.54) is 0 Å². The lowest BCUT2D eigenvalue weighted by Gasteiger charge is -2.11. The summed E-state index contributed by atoms with van der Waals surface area (Å²) >= 11 is 0. The Morgan fingerprint density at radius 3 is 2.43 bits per heavy atom. The van der Waals surface area contributed by atoms with E-state index in [0.29, 0.717) is 0 Å². The molecule has 0 bridgehead atoms. The van der Waals surface area contributed by atoms with Gasteiger partial charge in [-0.15, -0.1) is 0 Å². The molecule has 7 heteroatoms. The number of carbonyl (C=O) groups is 3. The van der Waals surface area contributed by atoms with Crippen LogP contribution in [0.2, 0.25) is 0 Å². The summed E-state index contributed by atoms with van der Waals surface area (Å²) in [6.07, 6.45) is -1.03. The molecule has 0 spiro atoms. The Kier molecular flexibility index (Phi) is 5.05. The van der Waals surface area contributed by atoms with Crippen LogP contribution in [0.15, 0.2) is 0 Å². The largest absolute Gasteiger partial charge is 0.480 e. The monoisotopic (exact) mass is 204 g/mol. The Balaban J connectivity index is 4.09. The summed E-state index contributed by atoms with van der Waals surface area (Å²) in [7, 11) is 1.11. The molecule has 0 saturated heterocycles. The molecule has 0 aliphatic rings. The minimum atomic E-state index is -1.24. The van der Waals surface area contributed by atoms with Gasteiger partial charge in [-0.25, -0.2) is 9.59 Å². The lowest BCUT2D eigenvalue weighted by atomic mass is 10.1. The summed E-state index contributed by atoms with van der Waals surface area (Å²) in [6.45, 7) is 0. The Morgan fingerprint density at radius 2 is 2.07 bits per heavy atom. The molecule has 0 saturated carbocycles. The topological polar surface area (TPSA) is 119 Å². The molecule has 0 unspecified atom stereocenters. The number of nitrogens with two attached hydrogens (primary N) is 1. The fraction of sp³-hybridized carbons (Fsp3) is 0.571. The normalized spacial score (nSPS) is 11.5. The highest BCUT2D eigenvalue weighted by Gasteiger charge is 2.20. The minimum Gasteiger partial charge on any atom is -0.480 e. The van der Waals surface area contributed by atoms with Gasteiger partial charge in [0.15, 0.2) is 0 Å². The number of aliphatic carboxylic acids is 1. The molecule has 0 aromatic heterocycles.